The van der Waals surface area contributed by atoms with Gasteiger partial charge in [-0.1, -0.05) is 12.8 Å². The molecule has 0 bridgehead atoms. The Morgan fingerprint density at radius 3 is 2.73 bits per heavy atom. The van der Waals surface area contributed by atoms with E-state index < -0.39 is 0 Å². The van der Waals surface area contributed by atoms with Gasteiger partial charge in [0.1, 0.15) is 0 Å². The molecule has 4 rings (SSSR count). The van der Waals surface area contributed by atoms with Gasteiger partial charge in [0.05, 0.1) is 6.10 Å². The first-order chi connectivity index (χ1) is 12.6. The highest BCUT2D eigenvalue weighted by Crippen LogP contribution is 2.54. The average Bonchev–Trinajstić information content (AvgIpc) is 3.32. The van der Waals surface area contributed by atoms with Crippen LogP contribution in [0.25, 0.3) is 11.5 Å². The zero-order valence-corrected chi connectivity index (χ0v) is 15.6. The van der Waals surface area contributed by atoms with Crippen molar-refractivity contribution in [3.8, 4) is 11.5 Å². The van der Waals surface area contributed by atoms with E-state index in [0.717, 1.165) is 31.4 Å². The number of amides is 1. The number of H-pyrrole nitrogens is 1. The van der Waals surface area contributed by atoms with Crippen molar-refractivity contribution in [2.24, 2.45) is 5.41 Å². The molecule has 6 nitrogen and oxygen atoms in total. The molecule has 0 saturated heterocycles. The van der Waals surface area contributed by atoms with Gasteiger partial charge in [0, 0.05) is 29.2 Å². The molecule has 2 N–H and O–H groups in total. The van der Waals surface area contributed by atoms with E-state index in [1.54, 1.807) is 12.1 Å². The van der Waals surface area contributed by atoms with Gasteiger partial charge in [-0.3, -0.25) is 4.79 Å². The second kappa shape index (κ2) is 6.96. The van der Waals surface area contributed by atoms with Gasteiger partial charge in [0.15, 0.2) is 0 Å². The number of carbonyl (C=O) groups excluding carboxylic acids is 1. The van der Waals surface area contributed by atoms with Crippen LogP contribution < -0.4 is 5.32 Å². The van der Waals surface area contributed by atoms with E-state index in [0.29, 0.717) is 11.5 Å². The minimum absolute atomic E-state index is 0.0364. The molecule has 0 unspecified atom stereocenters. The lowest BCUT2D eigenvalue weighted by molar-refractivity contribution is -0.127. The van der Waals surface area contributed by atoms with Crippen LogP contribution in [0.2, 0.25) is 0 Å². The summed E-state index contributed by atoms with van der Waals surface area (Å²) in [6, 6.07) is 7.42. The third kappa shape index (κ3) is 2.99. The number of hydrogen-bond donors (Lipinski definition) is 2. The van der Waals surface area contributed by atoms with Crippen molar-refractivity contribution >= 4 is 18.1 Å². The molecular weight excluding hydrogens is 350 g/mol. The molecule has 2 fully saturated rings. The lowest BCUT2D eigenvalue weighted by Gasteiger charge is -2.54. The number of nitrogens with one attached hydrogen (secondary N) is 2. The Balaban J connectivity index is 1.44. The third-order valence-electron chi connectivity index (χ3n) is 5.82. The van der Waals surface area contributed by atoms with Crippen molar-refractivity contribution in [2.75, 3.05) is 6.61 Å². The van der Waals surface area contributed by atoms with Crippen LogP contribution in [-0.2, 0) is 4.74 Å². The Morgan fingerprint density at radius 1 is 1.38 bits per heavy atom. The van der Waals surface area contributed by atoms with E-state index in [9.17, 15) is 4.79 Å². The maximum atomic E-state index is 12.7. The van der Waals surface area contributed by atoms with Gasteiger partial charge in [0.2, 0.25) is 5.89 Å². The summed E-state index contributed by atoms with van der Waals surface area (Å²) >= 11 is 4.89. The number of ether oxygens (including phenoxy) is 1. The van der Waals surface area contributed by atoms with Crippen molar-refractivity contribution in [1.29, 1.82) is 0 Å². The molecule has 2 aliphatic rings. The zero-order valence-electron chi connectivity index (χ0n) is 14.8. The molecule has 138 valence electrons. The molecular formula is C19H23N3O3S. The summed E-state index contributed by atoms with van der Waals surface area (Å²) in [6.07, 6.45) is 5.94. The van der Waals surface area contributed by atoms with Crippen LogP contribution in [0.1, 0.15) is 49.4 Å². The summed E-state index contributed by atoms with van der Waals surface area (Å²) in [5.74, 6) is 0.385. The summed E-state index contributed by atoms with van der Waals surface area (Å²) < 4.78 is 11.2. The predicted molar refractivity (Wildman–Crippen MR) is 99.3 cm³/mol. The smallest absolute Gasteiger partial charge is 0.284 e. The molecule has 2 saturated carbocycles. The van der Waals surface area contributed by atoms with Crippen molar-refractivity contribution < 1.29 is 13.9 Å². The number of rotatable bonds is 5. The summed E-state index contributed by atoms with van der Waals surface area (Å²) in [4.78, 5) is 12.9. The van der Waals surface area contributed by atoms with Gasteiger partial charge in [-0.25, -0.2) is 5.10 Å². The Labute approximate surface area is 157 Å². The van der Waals surface area contributed by atoms with E-state index in [4.69, 9.17) is 21.4 Å². The summed E-state index contributed by atoms with van der Waals surface area (Å²) in [5.41, 5.74) is 1.55. The van der Waals surface area contributed by atoms with Crippen molar-refractivity contribution in [3.63, 3.8) is 0 Å². The van der Waals surface area contributed by atoms with Gasteiger partial charge in [-0.2, -0.15) is 0 Å². The monoisotopic (exact) mass is 373 g/mol. The third-order valence-corrected chi connectivity index (χ3v) is 6.00. The molecule has 2 aliphatic carbocycles. The molecule has 0 aliphatic heterocycles. The summed E-state index contributed by atoms with van der Waals surface area (Å²) in [5, 5.41) is 9.83. The normalized spacial score (nSPS) is 23.7. The average molecular weight is 373 g/mol. The molecule has 1 amide bonds. The number of aromatic amines is 1. The van der Waals surface area contributed by atoms with E-state index >= 15 is 0 Å². The standard InChI is InChI=1S/C19H23N3O3S/c1-2-24-15-11-14(19(15)9-3-4-10-19)20-16(23)12-5-7-13(8-6-12)17-21-22-18(26)25-17/h5-8,14-15H,2-4,9-11H2,1H3,(H,20,23)(H,22,26)/t14-,15+/m1/s1. The molecule has 1 heterocycles. The second-order valence-electron chi connectivity index (χ2n) is 7.14. The van der Waals surface area contributed by atoms with E-state index in [2.05, 4.69) is 15.5 Å². The molecule has 2 atom stereocenters. The van der Waals surface area contributed by atoms with Crippen LogP contribution >= 0.6 is 12.2 Å². The maximum Gasteiger partial charge on any atom is 0.284 e. The lowest BCUT2D eigenvalue weighted by atomic mass is 9.60. The summed E-state index contributed by atoms with van der Waals surface area (Å²) in [7, 11) is 0. The van der Waals surface area contributed by atoms with Crippen LogP contribution in [0.5, 0.6) is 0 Å². The van der Waals surface area contributed by atoms with Crippen molar-refractivity contribution in [1.82, 2.24) is 15.5 Å². The van der Waals surface area contributed by atoms with Crippen LogP contribution in [-0.4, -0.2) is 34.9 Å². The van der Waals surface area contributed by atoms with Gasteiger partial charge < -0.3 is 14.5 Å². The largest absolute Gasteiger partial charge is 0.409 e. The van der Waals surface area contributed by atoms with Gasteiger partial charge in [-0.05, 0) is 62.7 Å². The molecule has 0 radical (unpaired) electrons. The molecule has 2 aromatic rings. The Kier molecular flexibility index (Phi) is 4.67. The molecule has 7 heteroatoms. The number of aromatic nitrogens is 2. The predicted octanol–water partition coefficient (Wildman–Crippen LogP) is 3.87. The summed E-state index contributed by atoms with van der Waals surface area (Å²) in [6.45, 7) is 2.77. The van der Waals surface area contributed by atoms with Crippen molar-refractivity contribution in [3.05, 3.63) is 34.7 Å². The van der Waals surface area contributed by atoms with E-state index in [-0.39, 0.29) is 28.3 Å². The number of carbonyl (C=O) groups is 1. The lowest BCUT2D eigenvalue weighted by Crippen LogP contribution is -2.63. The zero-order chi connectivity index (χ0) is 18.1. The Hall–Kier alpha value is -1.99. The first-order valence-electron chi connectivity index (χ1n) is 9.21. The highest BCUT2D eigenvalue weighted by Gasteiger charge is 2.57. The first kappa shape index (κ1) is 17.4. The quantitative estimate of drug-likeness (QED) is 0.778. The second-order valence-corrected chi connectivity index (χ2v) is 7.51. The topological polar surface area (TPSA) is 80.1 Å². The van der Waals surface area contributed by atoms with E-state index in [1.165, 1.54) is 12.8 Å². The van der Waals surface area contributed by atoms with Crippen LogP contribution in [0.15, 0.2) is 28.7 Å². The highest BCUT2D eigenvalue weighted by molar-refractivity contribution is 7.71. The molecule has 1 aromatic heterocycles. The fourth-order valence-corrected chi connectivity index (χ4v) is 4.57. The minimum Gasteiger partial charge on any atom is -0.409 e. The number of benzene rings is 1. The fraction of sp³-hybridized carbons (Fsp3) is 0.526. The Morgan fingerprint density at radius 2 is 2.12 bits per heavy atom. The van der Waals surface area contributed by atoms with Crippen LogP contribution in [0.4, 0.5) is 0 Å². The van der Waals surface area contributed by atoms with Crippen LogP contribution in [0, 0.1) is 10.3 Å². The molecule has 1 aromatic carbocycles. The highest BCUT2D eigenvalue weighted by atomic mass is 32.1. The first-order valence-corrected chi connectivity index (χ1v) is 9.61. The SMILES string of the molecule is CCO[C@H]1C[C@@H](NC(=O)c2ccc(-c3n[nH]c(=S)o3)cc2)C12CCCC2. The minimum atomic E-state index is -0.0364. The number of nitrogens with zero attached hydrogens (tertiary/aromatic N) is 1. The van der Waals surface area contributed by atoms with Crippen LogP contribution in [0.3, 0.4) is 0 Å². The fourth-order valence-electron chi connectivity index (χ4n) is 4.45. The van der Waals surface area contributed by atoms with Crippen molar-refractivity contribution in [2.45, 2.75) is 51.2 Å². The van der Waals surface area contributed by atoms with Gasteiger partial charge >= 0.3 is 0 Å². The maximum absolute atomic E-state index is 12.7. The van der Waals surface area contributed by atoms with Gasteiger partial charge in [0.25, 0.3) is 10.7 Å². The van der Waals surface area contributed by atoms with E-state index in [1.807, 2.05) is 19.1 Å². The molecule has 1 spiro atoms. The van der Waals surface area contributed by atoms with Gasteiger partial charge in [-0.15, -0.1) is 5.10 Å². The molecule has 26 heavy (non-hydrogen) atoms. The Bertz CT molecular complexity index is 836. The number of hydrogen-bond acceptors (Lipinski definition) is 5.